The van der Waals surface area contributed by atoms with Gasteiger partial charge in [0.2, 0.25) is 0 Å². The van der Waals surface area contributed by atoms with Crippen LogP contribution in [0.4, 0.5) is 30.7 Å². The maximum absolute atomic E-state index is 13.2. The monoisotopic (exact) mass is 325 g/mol. The fraction of sp³-hybridized carbons (Fsp3) is 0.250. The smallest absolute Gasteiger partial charge is 0.316 e. The maximum atomic E-state index is 13.2. The van der Waals surface area contributed by atoms with Gasteiger partial charge in [-0.25, -0.2) is 17.6 Å². The number of nitrogens with two attached hydrogens (primary N) is 1. The van der Waals surface area contributed by atoms with Gasteiger partial charge in [0, 0.05) is 0 Å². The van der Waals surface area contributed by atoms with Gasteiger partial charge in [-0.15, -0.1) is 0 Å². The van der Waals surface area contributed by atoms with E-state index in [1.165, 1.54) is 0 Å². The minimum Gasteiger partial charge on any atom is -0.316 e. The molecule has 9 heteroatoms. The molecule has 0 aliphatic rings. The molecule has 1 atom stereocenters. The molecule has 1 aromatic carbocycles. The summed E-state index contributed by atoms with van der Waals surface area (Å²) < 4.78 is 87.1. The fourth-order valence-corrected chi connectivity index (χ4v) is 1.45. The van der Waals surface area contributed by atoms with E-state index in [4.69, 9.17) is 0 Å². The summed E-state index contributed by atoms with van der Waals surface area (Å²) >= 11 is 2.17. The van der Waals surface area contributed by atoms with Gasteiger partial charge in [-0.1, -0.05) is 0 Å². The summed E-state index contributed by atoms with van der Waals surface area (Å²) in [4.78, 5) is 0. The Hall–Kier alpha value is -0.830. The second-order valence-corrected chi connectivity index (χ2v) is 3.80. The molecule has 0 amide bonds. The summed E-state index contributed by atoms with van der Waals surface area (Å²) in [6.45, 7) is 0. The number of hydrogen-bond donors (Lipinski definition) is 1. The molecule has 0 bridgehead atoms. The van der Waals surface area contributed by atoms with Crippen molar-refractivity contribution in [3.63, 3.8) is 0 Å². The molecule has 1 aromatic rings. The summed E-state index contributed by atoms with van der Waals surface area (Å²) in [5.41, 5.74) is 2.77. The van der Waals surface area contributed by atoms with Gasteiger partial charge in [-0.05, 0) is 15.9 Å². The quantitative estimate of drug-likeness (QED) is 0.477. The first kappa shape index (κ1) is 14.2. The van der Waals surface area contributed by atoms with Crippen molar-refractivity contribution in [3.05, 3.63) is 33.3 Å². The first-order valence-electron chi connectivity index (χ1n) is 3.92. The second kappa shape index (κ2) is 4.45. The van der Waals surface area contributed by atoms with Crippen LogP contribution in [-0.2, 0) is 0 Å². The van der Waals surface area contributed by atoms with Gasteiger partial charge < -0.3 is 5.73 Å². The van der Waals surface area contributed by atoms with Crippen LogP contribution in [0.15, 0.2) is 4.47 Å². The van der Waals surface area contributed by atoms with Crippen LogP contribution in [-0.4, -0.2) is 6.18 Å². The standard InChI is InChI=1S/C8H3BrF7N/c9-2-3(10)1(7(17)8(14,15)16)4(11)6(13)5(2)12/h7H,17H2/t7-/m0/s1. The Morgan fingerprint density at radius 3 is 1.76 bits per heavy atom. The number of rotatable bonds is 1. The first-order chi connectivity index (χ1) is 7.59. The molecule has 0 aliphatic heterocycles. The van der Waals surface area contributed by atoms with Crippen LogP contribution in [0.2, 0.25) is 0 Å². The minimum absolute atomic E-state index is 1.24. The summed E-state index contributed by atoms with van der Waals surface area (Å²) in [6, 6.07) is -3.09. The van der Waals surface area contributed by atoms with Crippen molar-refractivity contribution in [1.29, 1.82) is 0 Å². The summed E-state index contributed by atoms with van der Waals surface area (Å²) in [5.74, 6) is -8.41. The molecular formula is C8H3BrF7N. The highest BCUT2D eigenvalue weighted by molar-refractivity contribution is 9.10. The summed E-state index contributed by atoms with van der Waals surface area (Å²) in [6.07, 6.45) is -5.19. The molecule has 0 spiro atoms. The Bertz CT molecular complexity index is 427. The van der Waals surface area contributed by atoms with Crippen LogP contribution < -0.4 is 5.73 Å². The Balaban J connectivity index is 3.55. The average molecular weight is 326 g/mol. The van der Waals surface area contributed by atoms with Crippen molar-refractivity contribution < 1.29 is 30.7 Å². The van der Waals surface area contributed by atoms with E-state index < -0.39 is 45.5 Å². The number of benzene rings is 1. The maximum Gasteiger partial charge on any atom is 0.407 e. The molecule has 0 heterocycles. The molecular weight excluding hydrogens is 323 g/mol. The molecule has 0 saturated heterocycles. The largest absolute Gasteiger partial charge is 0.407 e. The third-order valence-electron chi connectivity index (χ3n) is 1.91. The molecule has 0 unspecified atom stereocenters. The van der Waals surface area contributed by atoms with Crippen LogP contribution in [0.3, 0.4) is 0 Å². The van der Waals surface area contributed by atoms with E-state index in [-0.39, 0.29) is 0 Å². The third-order valence-corrected chi connectivity index (χ3v) is 2.60. The van der Waals surface area contributed by atoms with Gasteiger partial charge in [0.25, 0.3) is 0 Å². The summed E-state index contributed by atoms with van der Waals surface area (Å²) in [7, 11) is 0. The lowest BCUT2D eigenvalue weighted by Crippen LogP contribution is -2.31. The Morgan fingerprint density at radius 2 is 1.35 bits per heavy atom. The number of hydrogen-bond acceptors (Lipinski definition) is 1. The Labute approximate surface area is 98.5 Å². The lowest BCUT2D eigenvalue weighted by atomic mass is 10.1. The molecule has 0 aromatic heterocycles. The number of halogens is 8. The van der Waals surface area contributed by atoms with Gasteiger partial charge in [0.15, 0.2) is 17.5 Å². The van der Waals surface area contributed by atoms with E-state index in [2.05, 4.69) is 21.7 Å². The number of alkyl halides is 3. The van der Waals surface area contributed by atoms with E-state index in [9.17, 15) is 30.7 Å². The SMILES string of the molecule is N[C@@H](c1c(F)c(F)c(F)c(Br)c1F)C(F)(F)F. The van der Waals surface area contributed by atoms with E-state index in [1.807, 2.05) is 0 Å². The second-order valence-electron chi connectivity index (χ2n) is 3.00. The van der Waals surface area contributed by atoms with Crippen molar-refractivity contribution in [2.24, 2.45) is 5.73 Å². The van der Waals surface area contributed by atoms with Gasteiger partial charge in [0.1, 0.15) is 11.9 Å². The van der Waals surface area contributed by atoms with E-state index in [0.29, 0.717) is 0 Å². The van der Waals surface area contributed by atoms with Crippen LogP contribution in [0, 0.1) is 23.3 Å². The van der Waals surface area contributed by atoms with Crippen molar-refractivity contribution in [3.8, 4) is 0 Å². The van der Waals surface area contributed by atoms with Gasteiger partial charge >= 0.3 is 6.18 Å². The molecule has 0 fully saturated rings. The van der Waals surface area contributed by atoms with Crippen LogP contribution in [0.25, 0.3) is 0 Å². The van der Waals surface area contributed by atoms with Crippen LogP contribution in [0.1, 0.15) is 11.6 Å². The fourth-order valence-electron chi connectivity index (χ4n) is 1.06. The van der Waals surface area contributed by atoms with Crippen molar-refractivity contribution in [2.75, 3.05) is 0 Å². The minimum atomic E-state index is -5.19. The topological polar surface area (TPSA) is 26.0 Å². The van der Waals surface area contributed by atoms with Gasteiger partial charge in [-0.2, -0.15) is 13.2 Å². The Morgan fingerprint density at radius 1 is 0.882 bits per heavy atom. The van der Waals surface area contributed by atoms with Crippen LogP contribution in [0.5, 0.6) is 0 Å². The van der Waals surface area contributed by atoms with E-state index >= 15 is 0 Å². The molecule has 1 rings (SSSR count). The molecule has 0 radical (unpaired) electrons. The average Bonchev–Trinajstić information content (AvgIpc) is 2.22. The van der Waals surface area contributed by atoms with Crippen molar-refractivity contribution >= 4 is 15.9 Å². The van der Waals surface area contributed by atoms with Crippen LogP contribution >= 0.6 is 15.9 Å². The molecule has 1 nitrogen and oxygen atoms in total. The zero-order valence-corrected chi connectivity index (χ0v) is 9.26. The van der Waals surface area contributed by atoms with Crippen molar-refractivity contribution in [2.45, 2.75) is 12.2 Å². The zero-order valence-electron chi connectivity index (χ0n) is 7.68. The lowest BCUT2D eigenvalue weighted by Gasteiger charge is -2.18. The molecule has 96 valence electrons. The van der Waals surface area contributed by atoms with Gasteiger partial charge in [-0.3, -0.25) is 0 Å². The molecule has 17 heavy (non-hydrogen) atoms. The predicted octanol–water partition coefficient (Wildman–Crippen LogP) is 3.57. The van der Waals surface area contributed by atoms with Gasteiger partial charge in [0.05, 0.1) is 10.0 Å². The lowest BCUT2D eigenvalue weighted by molar-refractivity contribution is -0.150. The molecule has 0 aliphatic carbocycles. The van der Waals surface area contributed by atoms with E-state index in [0.717, 1.165) is 0 Å². The zero-order chi connectivity index (χ0) is 13.5. The first-order valence-corrected chi connectivity index (χ1v) is 4.72. The highest BCUT2D eigenvalue weighted by Crippen LogP contribution is 2.37. The normalized spacial score (nSPS) is 13.9. The van der Waals surface area contributed by atoms with Crippen molar-refractivity contribution in [1.82, 2.24) is 0 Å². The van der Waals surface area contributed by atoms with E-state index in [1.54, 1.807) is 0 Å². The predicted molar refractivity (Wildman–Crippen MR) is 47.0 cm³/mol. The third kappa shape index (κ3) is 2.39. The molecule has 0 saturated carbocycles. The Kier molecular flexibility index (Phi) is 3.72. The molecule has 2 N–H and O–H groups in total. The highest BCUT2D eigenvalue weighted by atomic mass is 79.9. The summed E-state index contributed by atoms with van der Waals surface area (Å²) in [5, 5.41) is 0. The highest BCUT2D eigenvalue weighted by Gasteiger charge is 2.43.